The topological polar surface area (TPSA) is 74.2 Å². The van der Waals surface area contributed by atoms with Gasteiger partial charge in [-0.1, -0.05) is 5.16 Å². The molecule has 0 radical (unpaired) electrons. The second-order valence-electron chi connectivity index (χ2n) is 3.86. The number of nitrogens with two attached hydrogens (primary N) is 1. The van der Waals surface area contributed by atoms with Gasteiger partial charge in [-0.3, -0.25) is 0 Å². The van der Waals surface area contributed by atoms with Crippen LogP contribution >= 0.6 is 0 Å². The molecule has 2 aromatic rings. The van der Waals surface area contributed by atoms with Gasteiger partial charge in [0.05, 0.1) is 5.56 Å². The van der Waals surface area contributed by atoms with Gasteiger partial charge in [0.15, 0.2) is 5.82 Å². The van der Waals surface area contributed by atoms with E-state index in [1.165, 1.54) is 6.07 Å². The van der Waals surface area contributed by atoms with Gasteiger partial charge in [-0.15, -0.1) is 0 Å². The summed E-state index contributed by atoms with van der Waals surface area (Å²) in [6, 6.07) is 3.56. The van der Waals surface area contributed by atoms with Crippen LogP contribution < -0.4 is 5.73 Å². The predicted octanol–water partition coefficient (Wildman–Crippen LogP) is 2.54. The average Bonchev–Trinajstić information content (AvgIpc) is 2.79. The van der Waals surface area contributed by atoms with Gasteiger partial charge >= 0.3 is 6.18 Å². The maximum absolute atomic E-state index is 13.1. The quantitative estimate of drug-likeness (QED) is 0.692. The summed E-state index contributed by atoms with van der Waals surface area (Å²) in [7, 11) is 0. The molecule has 2 N–H and O–H groups in total. The molecule has 0 saturated heterocycles. The first-order valence-corrected chi connectivity index (χ1v) is 5.37. The van der Waals surface area contributed by atoms with E-state index >= 15 is 0 Å². The highest BCUT2D eigenvalue weighted by atomic mass is 19.4. The van der Waals surface area contributed by atoms with Gasteiger partial charge in [-0.2, -0.15) is 18.2 Å². The van der Waals surface area contributed by atoms with Crippen LogP contribution in [-0.2, 0) is 11.3 Å². The lowest BCUT2D eigenvalue weighted by atomic mass is 10.2. The first-order valence-electron chi connectivity index (χ1n) is 5.37. The Bertz CT molecular complexity index is 598. The van der Waals surface area contributed by atoms with Crippen LogP contribution in [0.3, 0.4) is 0 Å². The number of aromatic nitrogens is 2. The van der Waals surface area contributed by atoms with Gasteiger partial charge < -0.3 is 15.0 Å². The summed E-state index contributed by atoms with van der Waals surface area (Å²) in [5, 5.41) is 3.43. The Kier molecular flexibility index (Phi) is 3.89. The zero-order valence-corrected chi connectivity index (χ0v) is 9.95. The van der Waals surface area contributed by atoms with E-state index in [1.807, 2.05) is 0 Å². The standard InChI is InChI=1S/C11H9F4N3O2/c12-6-1-2-8(16)7(3-6)10-17-9(18-20-10)4-19-5-11(13,14)15/h1-3H,4-5,16H2. The molecular weight excluding hydrogens is 282 g/mol. The number of ether oxygens (including phenoxy) is 1. The van der Waals surface area contributed by atoms with E-state index in [0.717, 1.165) is 12.1 Å². The van der Waals surface area contributed by atoms with E-state index < -0.39 is 25.2 Å². The van der Waals surface area contributed by atoms with Crippen molar-refractivity contribution in [3.8, 4) is 11.5 Å². The van der Waals surface area contributed by atoms with E-state index in [0.29, 0.717) is 0 Å². The fourth-order valence-electron chi connectivity index (χ4n) is 1.39. The number of benzene rings is 1. The summed E-state index contributed by atoms with van der Waals surface area (Å²) in [5.74, 6) is -0.734. The van der Waals surface area contributed by atoms with Crippen molar-refractivity contribution in [2.45, 2.75) is 12.8 Å². The molecule has 0 bridgehead atoms. The van der Waals surface area contributed by atoms with Crippen LogP contribution in [0.5, 0.6) is 0 Å². The number of alkyl halides is 3. The van der Waals surface area contributed by atoms with Gasteiger partial charge in [0.1, 0.15) is 19.0 Å². The Labute approximate surface area is 110 Å². The van der Waals surface area contributed by atoms with Crippen LogP contribution in [0.15, 0.2) is 22.7 Å². The second-order valence-corrected chi connectivity index (χ2v) is 3.86. The van der Waals surface area contributed by atoms with Crippen LogP contribution in [0.2, 0.25) is 0 Å². The molecular formula is C11H9F4N3O2. The smallest absolute Gasteiger partial charge is 0.398 e. The summed E-state index contributed by atoms with van der Waals surface area (Å²) >= 11 is 0. The fourth-order valence-corrected chi connectivity index (χ4v) is 1.39. The van der Waals surface area contributed by atoms with E-state index in [2.05, 4.69) is 14.9 Å². The van der Waals surface area contributed by atoms with Crippen LogP contribution in [0.25, 0.3) is 11.5 Å². The van der Waals surface area contributed by atoms with Crippen molar-refractivity contribution < 1.29 is 26.8 Å². The van der Waals surface area contributed by atoms with Crippen molar-refractivity contribution in [2.24, 2.45) is 0 Å². The second kappa shape index (κ2) is 5.45. The zero-order chi connectivity index (χ0) is 14.8. The molecule has 20 heavy (non-hydrogen) atoms. The van der Waals surface area contributed by atoms with Crippen LogP contribution in [0.4, 0.5) is 23.2 Å². The van der Waals surface area contributed by atoms with E-state index in [-0.39, 0.29) is 23.0 Å². The lowest BCUT2D eigenvalue weighted by molar-refractivity contribution is -0.177. The minimum atomic E-state index is -4.43. The first-order chi connectivity index (χ1) is 9.35. The molecule has 108 valence electrons. The van der Waals surface area contributed by atoms with E-state index in [4.69, 9.17) is 10.3 Å². The van der Waals surface area contributed by atoms with Crippen molar-refractivity contribution in [3.63, 3.8) is 0 Å². The molecule has 9 heteroatoms. The van der Waals surface area contributed by atoms with Crippen molar-refractivity contribution in [3.05, 3.63) is 29.8 Å². The Hall–Kier alpha value is -2.16. The maximum Gasteiger partial charge on any atom is 0.411 e. The van der Waals surface area contributed by atoms with E-state index in [9.17, 15) is 17.6 Å². The average molecular weight is 291 g/mol. The molecule has 0 amide bonds. The highest BCUT2D eigenvalue weighted by molar-refractivity contribution is 5.70. The lowest BCUT2D eigenvalue weighted by Crippen LogP contribution is -2.16. The summed E-state index contributed by atoms with van der Waals surface area (Å²) in [6.07, 6.45) is -4.43. The number of anilines is 1. The third-order valence-corrected chi connectivity index (χ3v) is 2.21. The molecule has 0 atom stereocenters. The number of nitrogens with zero attached hydrogens (tertiary/aromatic N) is 2. The van der Waals surface area contributed by atoms with Crippen molar-refractivity contribution in [1.29, 1.82) is 0 Å². The minimum Gasteiger partial charge on any atom is -0.398 e. The number of rotatable bonds is 4. The lowest BCUT2D eigenvalue weighted by Gasteiger charge is -2.04. The molecule has 0 aliphatic carbocycles. The summed E-state index contributed by atoms with van der Waals surface area (Å²) in [6.45, 7) is -1.89. The molecule has 0 fully saturated rings. The van der Waals surface area contributed by atoms with Crippen molar-refractivity contribution in [1.82, 2.24) is 10.1 Å². The zero-order valence-electron chi connectivity index (χ0n) is 9.95. The van der Waals surface area contributed by atoms with Crippen LogP contribution in [0, 0.1) is 5.82 Å². The Morgan fingerprint density at radius 1 is 1.30 bits per heavy atom. The highest BCUT2D eigenvalue weighted by Gasteiger charge is 2.27. The van der Waals surface area contributed by atoms with Gasteiger partial charge in [0, 0.05) is 5.69 Å². The van der Waals surface area contributed by atoms with Gasteiger partial charge in [0.25, 0.3) is 5.89 Å². The fraction of sp³-hybridized carbons (Fsp3) is 0.273. The molecule has 1 aromatic carbocycles. The molecule has 0 spiro atoms. The molecule has 0 aliphatic heterocycles. The van der Waals surface area contributed by atoms with Gasteiger partial charge in [0.2, 0.25) is 0 Å². The first kappa shape index (κ1) is 14.3. The highest BCUT2D eigenvalue weighted by Crippen LogP contribution is 2.25. The summed E-state index contributed by atoms with van der Waals surface area (Å²) < 4.78 is 57.9. The maximum atomic E-state index is 13.1. The minimum absolute atomic E-state index is 0.0899. The van der Waals surface area contributed by atoms with Crippen molar-refractivity contribution >= 4 is 5.69 Å². The molecule has 0 unspecified atom stereocenters. The van der Waals surface area contributed by atoms with Crippen LogP contribution in [0.1, 0.15) is 5.82 Å². The van der Waals surface area contributed by atoms with Crippen molar-refractivity contribution in [2.75, 3.05) is 12.3 Å². The number of halogens is 4. The molecule has 1 heterocycles. The number of hydrogen-bond acceptors (Lipinski definition) is 5. The molecule has 5 nitrogen and oxygen atoms in total. The normalized spacial score (nSPS) is 11.8. The summed E-state index contributed by atoms with van der Waals surface area (Å²) in [4.78, 5) is 3.79. The third kappa shape index (κ3) is 3.67. The summed E-state index contributed by atoms with van der Waals surface area (Å²) in [5.41, 5.74) is 5.99. The van der Waals surface area contributed by atoms with E-state index in [1.54, 1.807) is 0 Å². The monoisotopic (exact) mass is 291 g/mol. The Morgan fingerprint density at radius 2 is 2.05 bits per heavy atom. The number of nitrogen functional groups attached to an aromatic ring is 1. The third-order valence-electron chi connectivity index (χ3n) is 2.21. The Morgan fingerprint density at radius 3 is 2.75 bits per heavy atom. The Balaban J connectivity index is 2.07. The SMILES string of the molecule is Nc1ccc(F)cc1-c1nc(COCC(F)(F)F)no1. The van der Waals surface area contributed by atoms with Gasteiger partial charge in [-0.05, 0) is 18.2 Å². The molecule has 0 aliphatic rings. The van der Waals surface area contributed by atoms with Gasteiger partial charge in [-0.25, -0.2) is 4.39 Å². The predicted molar refractivity (Wildman–Crippen MR) is 59.8 cm³/mol. The van der Waals surface area contributed by atoms with Crippen LogP contribution in [-0.4, -0.2) is 22.9 Å². The molecule has 1 aromatic heterocycles. The largest absolute Gasteiger partial charge is 0.411 e. The molecule has 0 saturated carbocycles. The number of hydrogen-bond donors (Lipinski definition) is 1. The molecule has 2 rings (SSSR count).